The number of amides is 1. The number of hydrogen-bond donors (Lipinski definition) is 3. The summed E-state index contributed by atoms with van der Waals surface area (Å²) in [6.07, 6.45) is 1.60. The van der Waals surface area contributed by atoms with Crippen LogP contribution in [0.25, 0.3) is 10.9 Å². The van der Waals surface area contributed by atoms with Crippen molar-refractivity contribution in [3.8, 4) is 0 Å². The molecule has 3 rings (SSSR count). The normalized spacial score (nSPS) is 18.6. The first kappa shape index (κ1) is 13.8. The van der Waals surface area contributed by atoms with Crippen molar-refractivity contribution in [2.75, 3.05) is 31.6 Å². The zero-order chi connectivity index (χ0) is 14.7. The number of carbonyl (C=O) groups is 1. The molecule has 1 aromatic heterocycles. The van der Waals surface area contributed by atoms with Crippen LogP contribution in [-0.2, 0) is 4.74 Å². The first-order chi connectivity index (χ1) is 10.3. The van der Waals surface area contributed by atoms with E-state index < -0.39 is 5.91 Å². The molecule has 2 aromatic rings. The van der Waals surface area contributed by atoms with E-state index in [2.05, 4.69) is 15.6 Å². The van der Waals surface area contributed by atoms with Crippen molar-refractivity contribution in [2.45, 2.75) is 6.10 Å². The molecule has 1 aliphatic rings. The van der Waals surface area contributed by atoms with Gasteiger partial charge in [0.2, 0.25) is 0 Å². The van der Waals surface area contributed by atoms with Crippen molar-refractivity contribution in [3.05, 3.63) is 36.0 Å². The predicted octanol–water partition coefficient (Wildman–Crippen LogP) is 0.734. The Balaban J connectivity index is 1.90. The number of benzene rings is 1. The summed E-state index contributed by atoms with van der Waals surface area (Å²) in [6.45, 7) is 2.98. The number of morpholine rings is 1. The summed E-state index contributed by atoms with van der Waals surface area (Å²) < 4.78 is 5.66. The summed E-state index contributed by atoms with van der Waals surface area (Å²) in [7, 11) is 0. The third-order valence-corrected chi connectivity index (χ3v) is 3.55. The fourth-order valence-electron chi connectivity index (χ4n) is 2.49. The molecule has 21 heavy (non-hydrogen) atoms. The summed E-state index contributed by atoms with van der Waals surface area (Å²) in [6, 6.07) is 7.66. The molecule has 1 aromatic carbocycles. The number of rotatable bonds is 4. The van der Waals surface area contributed by atoms with Gasteiger partial charge in [-0.1, -0.05) is 18.2 Å². The molecule has 0 bridgehead atoms. The summed E-state index contributed by atoms with van der Waals surface area (Å²) in [5, 5.41) is 7.46. The molecule has 2 heterocycles. The van der Waals surface area contributed by atoms with Crippen LogP contribution in [0.4, 0.5) is 5.69 Å². The Morgan fingerprint density at radius 1 is 1.48 bits per heavy atom. The first-order valence-corrected chi connectivity index (χ1v) is 6.99. The molecule has 6 nitrogen and oxygen atoms in total. The summed E-state index contributed by atoms with van der Waals surface area (Å²) in [5.74, 6) is -0.488. The van der Waals surface area contributed by atoms with Gasteiger partial charge in [0.15, 0.2) is 0 Å². The number of fused-ring (bicyclic) bond motifs is 1. The molecule has 110 valence electrons. The van der Waals surface area contributed by atoms with Crippen LogP contribution in [0, 0.1) is 0 Å². The third kappa shape index (κ3) is 2.96. The molecule has 1 amide bonds. The Morgan fingerprint density at radius 3 is 3.10 bits per heavy atom. The summed E-state index contributed by atoms with van der Waals surface area (Å²) >= 11 is 0. The molecule has 1 unspecified atom stereocenters. The van der Waals surface area contributed by atoms with Gasteiger partial charge >= 0.3 is 0 Å². The van der Waals surface area contributed by atoms with E-state index >= 15 is 0 Å². The fraction of sp³-hybridized carbons (Fsp3) is 0.333. The van der Waals surface area contributed by atoms with Gasteiger partial charge in [0.1, 0.15) is 0 Å². The first-order valence-electron chi connectivity index (χ1n) is 6.99. The molecule has 1 aliphatic heterocycles. The van der Waals surface area contributed by atoms with Gasteiger partial charge < -0.3 is 21.1 Å². The maximum atomic E-state index is 11.6. The number of aromatic nitrogens is 1. The lowest BCUT2D eigenvalue weighted by Gasteiger charge is -2.25. The molecular weight excluding hydrogens is 268 g/mol. The highest BCUT2D eigenvalue weighted by Gasteiger charge is 2.17. The molecule has 0 saturated carbocycles. The highest BCUT2D eigenvalue weighted by atomic mass is 16.5. The van der Waals surface area contributed by atoms with Gasteiger partial charge in [0.05, 0.1) is 29.5 Å². The van der Waals surface area contributed by atoms with Crippen LogP contribution in [-0.4, -0.2) is 43.2 Å². The van der Waals surface area contributed by atoms with Crippen molar-refractivity contribution >= 4 is 22.5 Å². The second-order valence-corrected chi connectivity index (χ2v) is 5.01. The number of carbonyl (C=O) groups excluding carboxylic acids is 1. The van der Waals surface area contributed by atoms with Crippen LogP contribution >= 0.6 is 0 Å². The number of nitrogens with one attached hydrogen (secondary N) is 2. The zero-order valence-corrected chi connectivity index (χ0v) is 11.6. The van der Waals surface area contributed by atoms with Crippen molar-refractivity contribution < 1.29 is 9.53 Å². The molecule has 4 N–H and O–H groups in total. The minimum absolute atomic E-state index is 0.0754. The smallest absolute Gasteiger partial charge is 0.252 e. The van der Waals surface area contributed by atoms with Crippen LogP contribution in [0.1, 0.15) is 10.4 Å². The molecular formula is C15H18N4O2. The molecule has 0 aliphatic carbocycles. The molecule has 1 atom stereocenters. The number of pyridine rings is 1. The van der Waals surface area contributed by atoms with Crippen LogP contribution in [0.5, 0.6) is 0 Å². The molecule has 0 radical (unpaired) electrons. The maximum absolute atomic E-state index is 11.6. The average Bonchev–Trinajstić information content (AvgIpc) is 2.53. The Bertz CT molecular complexity index is 653. The minimum atomic E-state index is -0.488. The Kier molecular flexibility index (Phi) is 3.98. The van der Waals surface area contributed by atoms with Crippen molar-refractivity contribution in [2.24, 2.45) is 5.73 Å². The quantitative estimate of drug-likeness (QED) is 0.771. The average molecular weight is 286 g/mol. The van der Waals surface area contributed by atoms with Crippen LogP contribution < -0.4 is 16.4 Å². The SMILES string of the molecule is NC(=O)c1cnc2ccccc2c1NCC1CNCCO1. The van der Waals surface area contributed by atoms with Crippen molar-refractivity contribution in [1.82, 2.24) is 10.3 Å². The van der Waals surface area contributed by atoms with E-state index in [4.69, 9.17) is 10.5 Å². The van der Waals surface area contributed by atoms with E-state index in [1.807, 2.05) is 24.3 Å². The number of para-hydroxylation sites is 1. The van der Waals surface area contributed by atoms with Gasteiger partial charge in [-0.25, -0.2) is 0 Å². The molecule has 6 heteroatoms. The summed E-state index contributed by atoms with van der Waals surface area (Å²) in [4.78, 5) is 15.9. The Hall–Kier alpha value is -2.18. The highest BCUT2D eigenvalue weighted by Crippen LogP contribution is 2.25. The van der Waals surface area contributed by atoms with Gasteiger partial charge in [0, 0.05) is 31.2 Å². The maximum Gasteiger partial charge on any atom is 0.252 e. The number of anilines is 1. The minimum Gasteiger partial charge on any atom is -0.381 e. The van der Waals surface area contributed by atoms with E-state index in [1.54, 1.807) is 0 Å². The van der Waals surface area contributed by atoms with Crippen LogP contribution in [0.2, 0.25) is 0 Å². The lowest BCUT2D eigenvalue weighted by molar-refractivity contribution is 0.0372. The topological polar surface area (TPSA) is 89.3 Å². The van der Waals surface area contributed by atoms with E-state index in [1.165, 1.54) is 6.20 Å². The number of nitrogens with zero attached hydrogens (tertiary/aromatic N) is 1. The van der Waals surface area contributed by atoms with Gasteiger partial charge in [-0.15, -0.1) is 0 Å². The Morgan fingerprint density at radius 2 is 2.33 bits per heavy atom. The van der Waals surface area contributed by atoms with Gasteiger partial charge in [-0.05, 0) is 6.07 Å². The van der Waals surface area contributed by atoms with Gasteiger partial charge in [0.25, 0.3) is 5.91 Å². The zero-order valence-electron chi connectivity index (χ0n) is 11.6. The Labute approximate surface area is 122 Å². The van der Waals surface area contributed by atoms with E-state index in [0.717, 1.165) is 29.7 Å². The lowest BCUT2D eigenvalue weighted by atomic mass is 10.1. The van der Waals surface area contributed by atoms with E-state index in [-0.39, 0.29) is 6.10 Å². The molecule has 1 saturated heterocycles. The number of primary amides is 1. The standard InChI is InChI=1S/C15H18N4O2/c16-15(20)12-9-18-13-4-2-1-3-11(13)14(12)19-8-10-7-17-5-6-21-10/h1-4,9-10,17H,5-8H2,(H2,16,20)(H,18,19). The predicted molar refractivity (Wildman–Crippen MR) is 81.4 cm³/mol. The number of ether oxygens (including phenoxy) is 1. The van der Waals surface area contributed by atoms with Gasteiger partial charge in [-0.2, -0.15) is 0 Å². The largest absolute Gasteiger partial charge is 0.381 e. The lowest BCUT2D eigenvalue weighted by Crippen LogP contribution is -2.42. The van der Waals surface area contributed by atoms with Crippen molar-refractivity contribution in [1.29, 1.82) is 0 Å². The van der Waals surface area contributed by atoms with Crippen LogP contribution in [0.3, 0.4) is 0 Å². The molecule has 0 spiro atoms. The summed E-state index contributed by atoms with van der Waals surface area (Å²) in [5.41, 5.74) is 7.40. The number of nitrogens with two attached hydrogens (primary N) is 1. The number of hydrogen-bond acceptors (Lipinski definition) is 5. The van der Waals surface area contributed by atoms with Gasteiger partial charge in [-0.3, -0.25) is 9.78 Å². The van der Waals surface area contributed by atoms with Crippen LogP contribution in [0.15, 0.2) is 30.5 Å². The highest BCUT2D eigenvalue weighted by molar-refractivity contribution is 6.06. The third-order valence-electron chi connectivity index (χ3n) is 3.55. The molecule has 1 fully saturated rings. The fourth-order valence-corrected chi connectivity index (χ4v) is 2.49. The monoisotopic (exact) mass is 286 g/mol. The second-order valence-electron chi connectivity index (χ2n) is 5.01. The van der Waals surface area contributed by atoms with Crippen molar-refractivity contribution in [3.63, 3.8) is 0 Å². The van der Waals surface area contributed by atoms with E-state index in [9.17, 15) is 4.79 Å². The second kappa shape index (κ2) is 6.07. The van der Waals surface area contributed by atoms with E-state index in [0.29, 0.717) is 18.7 Å².